The second-order valence-corrected chi connectivity index (χ2v) is 11.0. The fourth-order valence-electron chi connectivity index (χ4n) is 4.26. The molecule has 2 aromatic carbocycles. The highest BCUT2D eigenvalue weighted by atomic mass is 32.1. The maximum Gasteiger partial charge on any atom is 0.0464 e. The van der Waals surface area contributed by atoms with Crippen LogP contribution in [0.2, 0.25) is 0 Å². The first-order valence-corrected chi connectivity index (χ1v) is 11.3. The molecule has 1 nitrogen and oxygen atoms in total. The first-order valence-electron chi connectivity index (χ1n) is 10.4. The summed E-state index contributed by atoms with van der Waals surface area (Å²) in [7, 11) is 0. The first-order chi connectivity index (χ1) is 13.6. The number of aromatic nitrogens is 1. The number of thiophene rings is 1. The van der Waals surface area contributed by atoms with E-state index in [-0.39, 0.29) is 10.8 Å². The van der Waals surface area contributed by atoms with Crippen LogP contribution in [0.1, 0.15) is 64.2 Å². The van der Waals surface area contributed by atoms with E-state index in [0.29, 0.717) is 5.92 Å². The Kier molecular flexibility index (Phi) is 4.94. The van der Waals surface area contributed by atoms with Crippen LogP contribution in [-0.2, 0) is 5.41 Å². The molecule has 1 unspecified atom stereocenters. The Bertz CT molecular complexity index is 1100. The van der Waals surface area contributed by atoms with E-state index in [1.165, 1.54) is 38.9 Å². The summed E-state index contributed by atoms with van der Waals surface area (Å²) in [6.07, 6.45) is 0. The minimum absolute atomic E-state index is 0.160. The zero-order chi connectivity index (χ0) is 20.8. The van der Waals surface area contributed by atoms with E-state index in [1.807, 2.05) is 0 Å². The topological polar surface area (TPSA) is 15.8 Å². The number of nitrogens with one attached hydrogen (secondary N) is 1. The number of hydrogen-bond donors (Lipinski definition) is 1. The van der Waals surface area contributed by atoms with Gasteiger partial charge in [-0.25, -0.2) is 0 Å². The molecule has 0 aliphatic carbocycles. The molecule has 0 amide bonds. The standard InChI is InChI=1S/C27H31NS/c1-26(2,3)22-11-9-18(10-12-22)23-15-19-7-8-20(16-24(19)28-23)25(27(4,5)6)21-13-14-29-17-21/h7-17,25,28H,1-6H3. The molecule has 0 spiro atoms. The fourth-order valence-corrected chi connectivity index (χ4v) is 4.95. The highest BCUT2D eigenvalue weighted by Gasteiger charge is 2.28. The van der Waals surface area contributed by atoms with Crippen molar-refractivity contribution < 1.29 is 0 Å². The van der Waals surface area contributed by atoms with Gasteiger partial charge in [-0.3, -0.25) is 0 Å². The van der Waals surface area contributed by atoms with Gasteiger partial charge in [-0.05, 0) is 62.0 Å². The molecule has 0 aliphatic heterocycles. The van der Waals surface area contributed by atoms with Crippen molar-refractivity contribution in [3.63, 3.8) is 0 Å². The van der Waals surface area contributed by atoms with Crippen LogP contribution >= 0.6 is 11.3 Å². The summed E-state index contributed by atoms with van der Waals surface area (Å²) in [6, 6.07) is 20.4. The number of rotatable bonds is 3. The van der Waals surface area contributed by atoms with E-state index in [1.54, 1.807) is 11.3 Å². The first kappa shape index (κ1) is 20.0. The quantitative estimate of drug-likeness (QED) is 0.355. The van der Waals surface area contributed by atoms with E-state index in [0.717, 1.165) is 0 Å². The summed E-state index contributed by atoms with van der Waals surface area (Å²) in [6.45, 7) is 13.8. The monoisotopic (exact) mass is 401 g/mol. The zero-order valence-corrected chi connectivity index (χ0v) is 19.2. The summed E-state index contributed by atoms with van der Waals surface area (Å²) in [5, 5.41) is 5.74. The lowest BCUT2D eigenvalue weighted by molar-refractivity contribution is 0.359. The van der Waals surface area contributed by atoms with Crippen LogP contribution in [0.25, 0.3) is 22.2 Å². The summed E-state index contributed by atoms with van der Waals surface area (Å²) in [4.78, 5) is 3.66. The molecule has 1 N–H and O–H groups in total. The lowest BCUT2D eigenvalue weighted by atomic mass is 9.73. The van der Waals surface area contributed by atoms with Crippen LogP contribution in [0.15, 0.2) is 65.4 Å². The highest BCUT2D eigenvalue weighted by molar-refractivity contribution is 7.08. The Morgan fingerprint density at radius 3 is 2.10 bits per heavy atom. The second kappa shape index (κ2) is 7.18. The maximum atomic E-state index is 3.66. The summed E-state index contributed by atoms with van der Waals surface area (Å²) < 4.78 is 0. The van der Waals surface area contributed by atoms with Crippen molar-refractivity contribution in [2.24, 2.45) is 5.41 Å². The van der Waals surface area contributed by atoms with Crippen LogP contribution in [0.3, 0.4) is 0 Å². The van der Waals surface area contributed by atoms with Crippen molar-refractivity contribution >= 4 is 22.2 Å². The van der Waals surface area contributed by atoms with Crippen molar-refractivity contribution in [1.29, 1.82) is 0 Å². The number of H-pyrrole nitrogens is 1. The van der Waals surface area contributed by atoms with Crippen molar-refractivity contribution in [3.05, 3.63) is 82.0 Å². The van der Waals surface area contributed by atoms with Gasteiger partial charge in [0.15, 0.2) is 0 Å². The van der Waals surface area contributed by atoms with E-state index in [4.69, 9.17) is 0 Å². The van der Waals surface area contributed by atoms with Gasteiger partial charge in [-0.2, -0.15) is 11.3 Å². The van der Waals surface area contributed by atoms with Gasteiger partial charge in [-0.15, -0.1) is 0 Å². The fraction of sp³-hybridized carbons (Fsp3) is 0.333. The van der Waals surface area contributed by atoms with Crippen molar-refractivity contribution in [2.45, 2.75) is 52.9 Å². The van der Waals surface area contributed by atoms with Crippen LogP contribution < -0.4 is 0 Å². The van der Waals surface area contributed by atoms with Gasteiger partial charge >= 0.3 is 0 Å². The Balaban J connectivity index is 1.73. The summed E-state index contributed by atoms with van der Waals surface area (Å²) >= 11 is 1.78. The third-order valence-corrected chi connectivity index (χ3v) is 6.49. The Morgan fingerprint density at radius 2 is 1.52 bits per heavy atom. The lowest BCUT2D eigenvalue weighted by Crippen LogP contribution is -2.19. The molecular weight excluding hydrogens is 370 g/mol. The molecule has 2 heteroatoms. The number of hydrogen-bond acceptors (Lipinski definition) is 1. The van der Waals surface area contributed by atoms with Gasteiger partial charge in [0.1, 0.15) is 0 Å². The predicted molar refractivity (Wildman–Crippen MR) is 128 cm³/mol. The van der Waals surface area contributed by atoms with E-state index in [9.17, 15) is 0 Å². The normalized spacial score (nSPS) is 13.7. The molecule has 0 fully saturated rings. The molecule has 0 bridgehead atoms. The third kappa shape index (κ3) is 4.04. The van der Waals surface area contributed by atoms with E-state index < -0.39 is 0 Å². The third-order valence-electron chi connectivity index (χ3n) is 5.78. The predicted octanol–water partition coefficient (Wildman–Crippen LogP) is 8.37. The average molecular weight is 402 g/mol. The molecule has 4 aromatic rings. The van der Waals surface area contributed by atoms with E-state index >= 15 is 0 Å². The molecule has 1 atom stereocenters. The summed E-state index contributed by atoms with van der Waals surface area (Å²) in [5.74, 6) is 0.385. The smallest absolute Gasteiger partial charge is 0.0464 e. The van der Waals surface area contributed by atoms with Gasteiger partial charge in [0, 0.05) is 22.5 Å². The van der Waals surface area contributed by atoms with Gasteiger partial charge in [0.25, 0.3) is 0 Å². The lowest BCUT2D eigenvalue weighted by Gasteiger charge is -2.31. The van der Waals surface area contributed by atoms with Gasteiger partial charge in [0.05, 0.1) is 0 Å². The molecular formula is C27H31NS. The Labute approximate surface area is 178 Å². The van der Waals surface area contributed by atoms with Crippen LogP contribution in [0.4, 0.5) is 0 Å². The zero-order valence-electron chi connectivity index (χ0n) is 18.3. The molecule has 4 rings (SSSR count). The molecule has 2 aromatic heterocycles. The highest BCUT2D eigenvalue weighted by Crippen LogP contribution is 2.42. The SMILES string of the molecule is CC(C)(C)c1ccc(-c2cc3ccc(C(c4ccsc4)C(C)(C)C)cc3[nH]2)cc1. The molecule has 29 heavy (non-hydrogen) atoms. The van der Waals surface area contributed by atoms with Gasteiger partial charge < -0.3 is 4.98 Å². The number of fused-ring (bicyclic) bond motifs is 1. The van der Waals surface area contributed by atoms with Crippen LogP contribution in [0, 0.1) is 5.41 Å². The largest absolute Gasteiger partial charge is 0.355 e. The van der Waals surface area contributed by atoms with Crippen molar-refractivity contribution in [2.75, 3.05) is 0 Å². The molecule has 0 aliphatic rings. The molecule has 150 valence electrons. The molecule has 0 saturated heterocycles. The molecule has 2 heterocycles. The van der Waals surface area contributed by atoms with Crippen molar-refractivity contribution in [3.8, 4) is 11.3 Å². The van der Waals surface area contributed by atoms with Gasteiger partial charge in [-0.1, -0.05) is 77.9 Å². The number of benzene rings is 2. The van der Waals surface area contributed by atoms with Gasteiger partial charge in [0.2, 0.25) is 0 Å². The summed E-state index contributed by atoms with van der Waals surface area (Å²) in [5.41, 5.74) is 8.11. The minimum atomic E-state index is 0.160. The van der Waals surface area contributed by atoms with Crippen LogP contribution in [0.5, 0.6) is 0 Å². The average Bonchev–Trinajstić information content (AvgIpc) is 3.29. The molecule has 0 radical (unpaired) electrons. The second-order valence-electron chi connectivity index (χ2n) is 10.2. The Hall–Kier alpha value is -2.32. The minimum Gasteiger partial charge on any atom is -0.355 e. The maximum absolute atomic E-state index is 3.66. The number of aromatic amines is 1. The molecule has 0 saturated carbocycles. The van der Waals surface area contributed by atoms with Crippen LogP contribution in [-0.4, -0.2) is 4.98 Å². The Morgan fingerprint density at radius 1 is 0.793 bits per heavy atom. The van der Waals surface area contributed by atoms with Crippen molar-refractivity contribution in [1.82, 2.24) is 4.98 Å². The van der Waals surface area contributed by atoms with E-state index in [2.05, 4.69) is 112 Å².